The van der Waals surface area contributed by atoms with Crippen LogP contribution in [0.15, 0.2) is 75.8 Å². The summed E-state index contributed by atoms with van der Waals surface area (Å²) in [5, 5.41) is 37.3. The number of amides is 1. The molecular formula is C31H25Cl2K2N7O6S. The van der Waals surface area contributed by atoms with E-state index >= 15 is 0 Å². The van der Waals surface area contributed by atoms with E-state index in [0.29, 0.717) is 30.6 Å². The maximum atomic E-state index is 12.5. The van der Waals surface area contributed by atoms with Gasteiger partial charge in [-0.2, -0.15) is 10.4 Å². The fourth-order valence-corrected chi connectivity index (χ4v) is 6.40. The number of nitrogens with zero attached hydrogens (tertiary/aromatic N) is 6. The third-order valence-corrected chi connectivity index (χ3v) is 8.85. The van der Waals surface area contributed by atoms with Crippen LogP contribution in [0.3, 0.4) is 0 Å². The first-order valence-electron chi connectivity index (χ1n) is 14.3. The number of piperidine rings is 1. The van der Waals surface area contributed by atoms with E-state index in [1.807, 2.05) is 4.90 Å². The molecule has 0 bridgehead atoms. The molecule has 1 N–H and O–H groups in total. The minimum absolute atomic E-state index is 0. The molecule has 2 heterocycles. The number of azo groups is 1. The van der Waals surface area contributed by atoms with Gasteiger partial charge in [-0.3, -0.25) is 4.79 Å². The zero-order valence-electron chi connectivity index (χ0n) is 26.7. The van der Waals surface area contributed by atoms with Crippen molar-refractivity contribution in [3.05, 3.63) is 76.3 Å². The van der Waals surface area contributed by atoms with E-state index < -0.39 is 26.9 Å². The van der Waals surface area contributed by atoms with E-state index in [1.165, 1.54) is 0 Å². The Labute approximate surface area is 377 Å². The van der Waals surface area contributed by atoms with Crippen LogP contribution in [-0.4, -0.2) is 47.7 Å². The topological polar surface area (TPSA) is 196 Å². The van der Waals surface area contributed by atoms with Crippen LogP contribution >= 0.6 is 23.2 Å². The van der Waals surface area contributed by atoms with Gasteiger partial charge < -0.3 is 24.7 Å². The van der Waals surface area contributed by atoms with E-state index in [2.05, 4.69) is 26.7 Å². The molecule has 1 amide bonds. The molecule has 1 fully saturated rings. The Hall–Kier alpha value is -1.54. The van der Waals surface area contributed by atoms with Crippen LogP contribution in [0.5, 0.6) is 0 Å². The second-order valence-electron chi connectivity index (χ2n) is 10.5. The number of benzene rings is 3. The van der Waals surface area contributed by atoms with Crippen molar-refractivity contribution in [2.24, 2.45) is 16.1 Å². The number of hydrogen-bond donors (Lipinski definition) is 1. The Bertz CT molecular complexity index is 2030. The van der Waals surface area contributed by atoms with Crippen LogP contribution < -0.4 is 118 Å². The number of aromatic nitrogens is 2. The van der Waals surface area contributed by atoms with Crippen LogP contribution in [0.25, 0.3) is 16.9 Å². The number of carboxylic acids is 1. The van der Waals surface area contributed by atoms with Crippen molar-refractivity contribution < 1.29 is 130 Å². The van der Waals surface area contributed by atoms with Gasteiger partial charge in [-0.05, 0) is 43.2 Å². The molecular weight excluding hydrogens is 748 g/mol. The quantitative estimate of drug-likeness (QED) is 0.131. The fourth-order valence-electron chi connectivity index (χ4n) is 5.10. The van der Waals surface area contributed by atoms with Crippen LogP contribution in [0.1, 0.15) is 31.7 Å². The van der Waals surface area contributed by atoms with Crippen molar-refractivity contribution in [1.82, 2.24) is 9.78 Å². The maximum Gasteiger partial charge on any atom is 1.00 e. The number of nitrogens with one attached hydrogen (secondary N) is 1. The van der Waals surface area contributed by atoms with Crippen LogP contribution in [0, 0.1) is 17.2 Å². The number of carbonyl (C=O) groups excluding carboxylic acids is 2. The molecule has 0 aliphatic carbocycles. The van der Waals surface area contributed by atoms with Crippen LogP contribution in [0.4, 0.5) is 22.9 Å². The molecule has 0 saturated carbocycles. The van der Waals surface area contributed by atoms with E-state index in [4.69, 9.17) is 23.2 Å². The van der Waals surface area contributed by atoms with Gasteiger partial charge in [0.05, 0.1) is 20.6 Å². The molecule has 0 spiro atoms. The standard InChI is InChI=1S/C31H27Cl2N7O6S.2K/c1-2-27(41)35-26-13-20(39-12-6-9-19(17-39)31(42)43)10-11-25(26)36-37-30-22(16-34)28(18-7-4-3-5-8-18)38-40(30)29-23(32)14-21(15-24(29)33)47(44,45)46;;/h3-5,7-8,10-11,13-15,19H,2,6,9,12,17H2,1H3,(H,35,41)(H,42,43)(H,44,45,46);;/q;2*+1/p-2. The second-order valence-corrected chi connectivity index (χ2v) is 12.7. The summed E-state index contributed by atoms with van der Waals surface area (Å²) in [6.45, 7) is 2.52. The third kappa shape index (κ3) is 9.87. The summed E-state index contributed by atoms with van der Waals surface area (Å²) in [5.41, 5.74) is 1.79. The average Bonchev–Trinajstić information content (AvgIpc) is 3.41. The predicted octanol–water partition coefficient (Wildman–Crippen LogP) is -0.640. The van der Waals surface area contributed by atoms with Crippen molar-refractivity contribution >= 4 is 68.1 Å². The molecule has 0 radical (unpaired) electrons. The summed E-state index contributed by atoms with van der Waals surface area (Å²) >= 11 is 12.9. The Kier molecular flexibility index (Phi) is 15.6. The third-order valence-electron chi connectivity index (χ3n) is 7.46. The zero-order valence-corrected chi connectivity index (χ0v) is 35.3. The second kappa shape index (κ2) is 18.3. The molecule has 1 aliphatic heterocycles. The number of aliphatic carboxylic acids is 1. The molecule has 49 heavy (non-hydrogen) atoms. The van der Waals surface area contributed by atoms with Crippen molar-refractivity contribution in [2.45, 2.75) is 31.1 Å². The van der Waals surface area contributed by atoms with E-state index in [-0.39, 0.29) is 166 Å². The minimum atomic E-state index is -4.90. The minimum Gasteiger partial charge on any atom is -0.744 e. The zero-order chi connectivity index (χ0) is 33.9. The predicted molar refractivity (Wildman–Crippen MR) is 171 cm³/mol. The average molecular weight is 773 g/mol. The van der Waals surface area contributed by atoms with Gasteiger partial charge in [0.15, 0.2) is 5.82 Å². The summed E-state index contributed by atoms with van der Waals surface area (Å²) < 4.78 is 36.1. The molecule has 1 aliphatic rings. The van der Waals surface area contributed by atoms with E-state index in [0.717, 1.165) is 16.8 Å². The first-order valence-corrected chi connectivity index (χ1v) is 16.4. The van der Waals surface area contributed by atoms with Crippen LogP contribution in [-0.2, 0) is 19.7 Å². The molecule has 242 valence electrons. The normalized spacial score (nSPS) is 14.4. The van der Waals surface area contributed by atoms with Crippen molar-refractivity contribution in [1.29, 1.82) is 5.26 Å². The van der Waals surface area contributed by atoms with Gasteiger partial charge in [0.25, 0.3) is 0 Å². The van der Waals surface area contributed by atoms with Gasteiger partial charge in [-0.25, -0.2) is 13.1 Å². The Morgan fingerprint density at radius 1 is 1.08 bits per heavy atom. The summed E-state index contributed by atoms with van der Waals surface area (Å²) in [5.74, 6) is -2.20. The monoisotopic (exact) mass is 771 g/mol. The number of carbonyl (C=O) groups is 2. The molecule has 13 nitrogen and oxygen atoms in total. The molecule has 3 aromatic carbocycles. The SMILES string of the molecule is CCC(=O)Nc1cc(N2CCCC(C(=O)[O-])C2)ccc1N=Nc1c(C#N)c(-c2ccccc2)nn1-c1c(Cl)cc(S(=O)(=O)[O-])cc1Cl.[K+].[K+]. The Morgan fingerprint density at radius 3 is 2.35 bits per heavy atom. The molecule has 1 unspecified atom stereocenters. The number of nitriles is 1. The number of halogens is 2. The largest absolute Gasteiger partial charge is 1.00 e. The summed E-state index contributed by atoms with van der Waals surface area (Å²) in [7, 11) is -4.90. The van der Waals surface area contributed by atoms with Gasteiger partial charge in [-0.1, -0.05) is 60.5 Å². The van der Waals surface area contributed by atoms with Gasteiger partial charge in [-0.15, -0.1) is 10.2 Å². The molecule has 4 aromatic rings. The van der Waals surface area contributed by atoms with Crippen molar-refractivity contribution in [2.75, 3.05) is 23.3 Å². The van der Waals surface area contributed by atoms with Crippen LogP contribution in [0.2, 0.25) is 10.0 Å². The first kappa shape index (κ1) is 41.9. The summed E-state index contributed by atoms with van der Waals surface area (Å²) in [4.78, 5) is 25.2. The van der Waals surface area contributed by atoms with E-state index in [9.17, 15) is 32.9 Å². The molecule has 18 heteroatoms. The first-order chi connectivity index (χ1) is 22.4. The smallest absolute Gasteiger partial charge is 0.744 e. The summed E-state index contributed by atoms with van der Waals surface area (Å²) in [6.07, 6.45) is 1.32. The Morgan fingerprint density at radius 2 is 1.76 bits per heavy atom. The molecule has 1 saturated heterocycles. The van der Waals surface area contributed by atoms with E-state index in [1.54, 1.807) is 55.5 Å². The number of anilines is 2. The molecule has 1 atom stereocenters. The Balaban J connectivity index is 0.00000325. The molecule has 5 rings (SSSR count). The summed E-state index contributed by atoms with van der Waals surface area (Å²) in [6, 6.07) is 17.6. The van der Waals surface area contributed by atoms with Gasteiger partial charge in [0, 0.05) is 42.6 Å². The fraction of sp³-hybridized carbons (Fsp3) is 0.226. The number of rotatable bonds is 9. The van der Waals surface area contributed by atoms with Crippen molar-refractivity contribution in [3.8, 4) is 23.0 Å². The van der Waals surface area contributed by atoms with Gasteiger partial charge in [0.2, 0.25) is 5.91 Å². The maximum absolute atomic E-state index is 12.5. The number of carboxylic acid groups (broad SMARTS) is 1. The van der Waals surface area contributed by atoms with Gasteiger partial charge >= 0.3 is 103 Å². The molecule has 1 aromatic heterocycles. The van der Waals surface area contributed by atoms with Crippen molar-refractivity contribution in [3.63, 3.8) is 0 Å². The number of hydrogen-bond acceptors (Lipinski definition) is 11. The van der Waals surface area contributed by atoms with Gasteiger partial charge in [0.1, 0.15) is 38.8 Å².